The highest BCUT2D eigenvalue weighted by Crippen LogP contribution is 2.19. The minimum atomic E-state index is -0.897. The number of nitrogens with one attached hydrogen (secondary N) is 1. The van der Waals surface area contributed by atoms with E-state index in [1.165, 1.54) is 6.92 Å². The third kappa shape index (κ3) is 5.47. The molecule has 2 aromatic rings. The van der Waals surface area contributed by atoms with Gasteiger partial charge in [0.2, 0.25) is 0 Å². The van der Waals surface area contributed by atoms with Crippen molar-refractivity contribution < 1.29 is 14.3 Å². The second-order valence-electron chi connectivity index (χ2n) is 5.83. The number of carbonyl (C=O) groups is 2. The zero-order valence-electron chi connectivity index (χ0n) is 14.2. The second-order valence-corrected chi connectivity index (χ2v) is 5.83. The van der Waals surface area contributed by atoms with E-state index < -0.39 is 18.0 Å². The maximum Gasteiger partial charge on any atom is 0.307 e. The van der Waals surface area contributed by atoms with E-state index in [0.29, 0.717) is 11.3 Å². The quantitative estimate of drug-likeness (QED) is 0.817. The second kappa shape index (κ2) is 8.65. The van der Waals surface area contributed by atoms with E-state index in [2.05, 4.69) is 5.32 Å². The van der Waals surface area contributed by atoms with Crippen LogP contribution < -0.4 is 5.32 Å². The fourth-order valence-electron chi connectivity index (χ4n) is 2.32. The van der Waals surface area contributed by atoms with Crippen LogP contribution >= 0.6 is 0 Å². The van der Waals surface area contributed by atoms with Crippen LogP contribution in [0.1, 0.15) is 37.3 Å². The number of hydrogen-bond acceptors (Lipinski definition) is 4. The number of amides is 1. The molecular formula is C20H20N2O3. The van der Waals surface area contributed by atoms with Crippen molar-refractivity contribution >= 4 is 17.6 Å². The average Bonchev–Trinajstić information content (AvgIpc) is 2.62. The summed E-state index contributed by atoms with van der Waals surface area (Å²) in [6, 6.07) is 18.1. The number of nitrogens with zero attached hydrogens (tertiary/aromatic N) is 1. The highest BCUT2D eigenvalue weighted by Gasteiger charge is 2.20. The van der Waals surface area contributed by atoms with Crippen molar-refractivity contribution in [2.24, 2.45) is 0 Å². The lowest BCUT2D eigenvalue weighted by Crippen LogP contribution is -2.30. The molecule has 2 atom stereocenters. The van der Waals surface area contributed by atoms with Gasteiger partial charge < -0.3 is 10.1 Å². The van der Waals surface area contributed by atoms with Crippen molar-refractivity contribution in [3.63, 3.8) is 0 Å². The highest BCUT2D eigenvalue weighted by molar-refractivity contribution is 5.95. The molecule has 2 rings (SSSR count). The van der Waals surface area contributed by atoms with Crippen molar-refractivity contribution in [1.82, 2.24) is 0 Å². The van der Waals surface area contributed by atoms with Crippen molar-refractivity contribution in [2.75, 3.05) is 5.32 Å². The molecular weight excluding hydrogens is 316 g/mol. The summed E-state index contributed by atoms with van der Waals surface area (Å²) < 4.78 is 5.22. The molecule has 5 heteroatoms. The first-order valence-corrected chi connectivity index (χ1v) is 8.05. The van der Waals surface area contributed by atoms with E-state index in [4.69, 9.17) is 10.00 Å². The number of carbonyl (C=O) groups excluding carboxylic acids is 2. The summed E-state index contributed by atoms with van der Waals surface area (Å²) in [7, 11) is 0. The lowest BCUT2D eigenvalue weighted by molar-refractivity contribution is -0.153. The Morgan fingerprint density at radius 1 is 1.08 bits per heavy atom. The van der Waals surface area contributed by atoms with Crippen LogP contribution in [0.2, 0.25) is 0 Å². The fraction of sp³-hybridized carbons (Fsp3) is 0.250. The van der Waals surface area contributed by atoms with Gasteiger partial charge in [-0.3, -0.25) is 9.59 Å². The predicted octanol–water partition coefficient (Wildman–Crippen LogP) is 3.62. The average molecular weight is 336 g/mol. The van der Waals surface area contributed by atoms with Crippen LogP contribution in [0.4, 0.5) is 5.69 Å². The van der Waals surface area contributed by atoms with Crippen LogP contribution in [0.15, 0.2) is 54.6 Å². The predicted molar refractivity (Wildman–Crippen MR) is 94.8 cm³/mol. The molecule has 0 spiro atoms. The van der Waals surface area contributed by atoms with Gasteiger partial charge in [-0.25, -0.2) is 0 Å². The Morgan fingerprint density at radius 2 is 1.72 bits per heavy atom. The number of esters is 1. The zero-order valence-corrected chi connectivity index (χ0v) is 14.2. The first-order chi connectivity index (χ1) is 12.0. The molecule has 1 N–H and O–H groups in total. The third-order valence-corrected chi connectivity index (χ3v) is 3.80. The van der Waals surface area contributed by atoms with E-state index in [9.17, 15) is 9.59 Å². The first-order valence-electron chi connectivity index (χ1n) is 8.05. The van der Waals surface area contributed by atoms with Gasteiger partial charge in [-0.2, -0.15) is 5.26 Å². The molecule has 0 aliphatic carbocycles. The zero-order chi connectivity index (χ0) is 18.2. The van der Waals surface area contributed by atoms with Crippen molar-refractivity contribution in [3.8, 4) is 6.07 Å². The Hall–Kier alpha value is -3.13. The Morgan fingerprint density at radius 3 is 2.32 bits per heavy atom. The van der Waals surface area contributed by atoms with E-state index >= 15 is 0 Å². The van der Waals surface area contributed by atoms with Gasteiger partial charge >= 0.3 is 5.97 Å². The van der Waals surface area contributed by atoms with Gasteiger partial charge in [0.25, 0.3) is 5.91 Å². The molecule has 0 aliphatic rings. The number of hydrogen-bond donors (Lipinski definition) is 1. The molecule has 0 radical (unpaired) electrons. The molecule has 0 aliphatic heterocycles. The van der Waals surface area contributed by atoms with Crippen molar-refractivity contribution in [2.45, 2.75) is 32.3 Å². The normalized spacial score (nSPS) is 12.5. The molecule has 2 aromatic carbocycles. The summed E-state index contributed by atoms with van der Waals surface area (Å²) in [5.41, 5.74) is 2.10. The lowest BCUT2D eigenvalue weighted by atomic mass is 9.98. The molecule has 1 amide bonds. The smallest absolute Gasteiger partial charge is 0.307 e. The Balaban J connectivity index is 1.85. The van der Waals surface area contributed by atoms with E-state index in [1.54, 1.807) is 24.3 Å². The van der Waals surface area contributed by atoms with E-state index in [1.807, 2.05) is 43.3 Å². The van der Waals surface area contributed by atoms with Crippen molar-refractivity contribution in [3.05, 3.63) is 65.7 Å². The Bertz CT molecular complexity index is 764. The van der Waals surface area contributed by atoms with Crippen molar-refractivity contribution in [1.29, 1.82) is 5.26 Å². The maximum atomic E-state index is 12.1. The van der Waals surface area contributed by atoms with Gasteiger partial charge in [0.05, 0.1) is 18.1 Å². The summed E-state index contributed by atoms with van der Waals surface area (Å²) >= 11 is 0. The van der Waals surface area contributed by atoms with Gasteiger partial charge in [-0.1, -0.05) is 37.3 Å². The molecule has 0 saturated heterocycles. The van der Waals surface area contributed by atoms with Crippen LogP contribution in [-0.2, 0) is 14.3 Å². The van der Waals surface area contributed by atoms with E-state index in [-0.39, 0.29) is 12.3 Å². The molecule has 0 saturated carbocycles. The minimum Gasteiger partial charge on any atom is -0.453 e. The summed E-state index contributed by atoms with van der Waals surface area (Å²) in [6.45, 7) is 3.47. The van der Waals surface area contributed by atoms with Crippen LogP contribution in [0.3, 0.4) is 0 Å². The van der Waals surface area contributed by atoms with Crippen LogP contribution in [0.25, 0.3) is 0 Å². The summed E-state index contributed by atoms with van der Waals surface area (Å²) in [5, 5.41) is 11.4. The van der Waals surface area contributed by atoms with Crippen LogP contribution in [-0.4, -0.2) is 18.0 Å². The third-order valence-electron chi connectivity index (χ3n) is 3.80. The number of nitriles is 1. The Labute approximate surface area is 147 Å². The molecule has 5 nitrogen and oxygen atoms in total. The van der Waals surface area contributed by atoms with Crippen LogP contribution in [0.5, 0.6) is 0 Å². The standard InChI is InChI=1S/C20H20N2O3/c1-14(17-6-4-3-5-7-17)12-19(23)25-15(2)20(24)22-18-10-8-16(13-21)9-11-18/h3-11,14-15H,12H2,1-2H3,(H,22,24)/t14-,15-/m1/s1. The lowest BCUT2D eigenvalue weighted by Gasteiger charge is -2.16. The van der Waals surface area contributed by atoms with Crippen LogP contribution in [0, 0.1) is 11.3 Å². The highest BCUT2D eigenvalue weighted by atomic mass is 16.5. The topological polar surface area (TPSA) is 79.2 Å². The van der Waals surface area contributed by atoms with Gasteiger partial charge in [0.1, 0.15) is 0 Å². The molecule has 0 fully saturated rings. The number of benzene rings is 2. The molecule has 128 valence electrons. The number of anilines is 1. The number of ether oxygens (including phenoxy) is 1. The molecule has 0 aromatic heterocycles. The summed E-state index contributed by atoms with van der Waals surface area (Å²) in [5.74, 6) is -0.813. The SMILES string of the molecule is C[C@H](CC(=O)O[C@H](C)C(=O)Nc1ccc(C#N)cc1)c1ccccc1. The van der Waals surface area contributed by atoms with Gasteiger partial charge in [-0.05, 0) is 42.7 Å². The van der Waals surface area contributed by atoms with E-state index in [0.717, 1.165) is 5.56 Å². The summed E-state index contributed by atoms with van der Waals surface area (Å²) in [6.07, 6.45) is -0.690. The molecule has 0 unspecified atom stereocenters. The molecule has 0 bridgehead atoms. The largest absolute Gasteiger partial charge is 0.453 e. The molecule has 0 heterocycles. The number of rotatable bonds is 6. The molecule has 25 heavy (non-hydrogen) atoms. The van der Waals surface area contributed by atoms with Gasteiger partial charge in [-0.15, -0.1) is 0 Å². The maximum absolute atomic E-state index is 12.1. The van der Waals surface area contributed by atoms with Gasteiger partial charge in [0, 0.05) is 5.69 Å². The minimum absolute atomic E-state index is 0.0162. The first kappa shape index (κ1) is 18.2. The van der Waals surface area contributed by atoms with Gasteiger partial charge in [0.15, 0.2) is 6.10 Å². The Kier molecular flexibility index (Phi) is 6.30. The summed E-state index contributed by atoms with van der Waals surface area (Å²) in [4.78, 5) is 24.1. The fourth-order valence-corrected chi connectivity index (χ4v) is 2.32. The monoisotopic (exact) mass is 336 g/mol.